The Morgan fingerprint density at radius 2 is 1.89 bits per heavy atom. The minimum atomic E-state index is 0.609. The van der Waals surface area contributed by atoms with Crippen LogP contribution in [0.25, 0.3) is 0 Å². The maximum absolute atomic E-state index is 3.59. The SMILES string of the molecule is Brc1ccc(CN2CCC3(CCNCC3)C2)cc1Br. The molecule has 1 N–H and O–H groups in total. The highest BCUT2D eigenvalue weighted by Crippen LogP contribution is 2.39. The van der Waals surface area contributed by atoms with Crippen LogP contribution in [0, 0.1) is 5.41 Å². The molecule has 3 rings (SSSR count). The van der Waals surface area contributed by atoms with Gasteiger partial charge in [0.25, 0.3) is 0 Å². The standard InChI is InChI=1S/C15H20Br2N2/c16-13-2-1-12(9-14(13)17)10-19-8-5-15(11-19)3-6-18-7-4-15/h1-2,9,18H,3-8,10-11H2. The summed E-state index contributed by atoms with van der Waals surface area (Å²) in [5.41, 5.74) is 2.01. The first-order chi connectivity index (χ1) is 9.17. The number of rotatable bonds is 2. The van der Waals surface area contributed by atoms with E-state index >= 15 is 0 Å². The van der Waals surface area contributed by atoms with Crippen LogP contribution in [-0.4, -0.2) is 31.1 Å². The van der Waals surface area contributed by atoms with Gasteiger partial charge in [0.15, 0.2) is 0 Å². The molecule has 0 aliphatic carbocycles. The van der Waals surface area contributed by atoms with Gasteiger partial charge in [-0.15, -0.1) is 0 Å². The van der Waals surface area contributed by atoms with Gasteiger partial charge in [0.05, 0.1) is 0 Å². The third kappa shape index (κ3) is 3.23. The predicted octanol–water partition coefficient (Wildman–Crippen LogP) is 3.79. The van der Waals surface area contributed by atoms with Gasteiger partial charge in [-0.2, -0.15) is 0 Å². The smallest absolute Gasteiger partial charge is 0.0320 e. The normalized spacial score (nSPS) is 23.1. The fraction of sp³-hybridized carbons (Fsp3) is 0.600. The van der Waals surface area contributed by atoms with Crippen molar-refractivity contribution >= 4 is 31.9 Å². The number of hydrogen-bond donors (Lipinski definition) is 1. The monoisotopic (exact) mass is 386 g/mol. The highest BCUT2D eigenvalue weighted by atomic mass is 79.9. The first kappa shape index (κ1) is 14.1. The first-order valence-corrected chi connectivity index (χ1v) is 8.63. The Bertz CT molecular complexity index is 455. The molecule has 2 nitrogen and oxygen atoms in total. The predicted molar refractivity (Wildman–Crippen MR) is 86.3 cm³/mol. The van der Waals surface area contributed by atoms with Crippen molar-refractivity contribution in [3.05, 3.63) is 32.7 Å². The van der Waals surface area contributed by atoms with Crippen LogP contribution in [0.15, 0.2) is 27.1 Å². The van der Waals surface area contributed by atoms with Gasteiger partial charge < -0.3 is 5.32 Å². The van der Waals surface area contributed by atoms with E-state index in [0.717, 1.165) is 15.5 Å². The van der Waals surface area contributed by atoms with E-state index < -0.39 is 0 Å². The summed E-state index contributed by atoms with van der Waals surface area (Å²) in [6.45, 7) is 6.03. The van der Waals surface area contributed by atoms with Gasteiger partial charge in [0, 0.05) is 22.0 Å². The fourth-order valence-electron chi connectivity index (χ4n) is 3.42. The Hall–Kier alpha value is 0.1000. The second-order valence-corrected chi connectivity index (χ2v) is 7.67. The van der Waals surface area contributed by atoms with Gasteiger partial charge in [-0.1, -0.05) is 6.07 Å². The molecule has 2 fully saturated rings. The van der Waals surface area contributed by atoms with Crippen molar-refractivity contribution in [1.82, 2.24) is 10.2 Å². The van der Waals surface area contributed by atoms with E-state index in [1.165, 1.54) is 51.0 Å². The molecule has 0 bridgehead atoms. The zero-order valence-electron chi connectivity index (χ0n) is 11.1. The van der Waals surface area contributed by atoms with Crippen LogP contribution in [-0.2, 0) is 6.54 Å². The third-order valence-electron chi connectivity index (χ3n) is 4.57. The average Bonchev–Trinajstić information content (AvgIpc) is 2.78. The second-order valence-electron chi connectivity index (χ2n) is 5.96. The Labute approximate surface area is 132 Å². The lowest BCUT2D eigenvalue weighted by Crippen LogP contribution is -2.38. The molecule has 0 radical (unpaired) electrons. The first-order valence-electron chi connectivity index (χ1n) is 7.04. The molecular formula is C15H20Br2N2. The number of piperidine rings is 1. The highest BCUT2D eigenvalue weighted by Gasteiger charge is 2.38. The van der Waals surface area contributed by atoms with Gasteiger partial charge in [-0.25, -0.2) is 0 Å². The summed E-state index contributed by atoms with van der Waals surface area (Å²) in [7, 11) is 0. The molecule has 0 unspecified atom stereocenters. The van der Waals surface area contributed by atoms with Crippen LogP contribution in [0.4, 0.5) is 0 Å². The molecule has 0 amide bonds. The molecule has 1 aromatic rings. The second kappa shape index (κ2) is 5.84. The highest BCUT2D eigenvalue weighted by molar-refractivity contribution is 9.13. The molecule has 0 saturated carbocycles. The average molecular weight is 388 g/mol. The summed E-state index contributed by atoms with van der Waals surface area (Å²) < 4.78 is 2.29. The van der Waals surface area contributed by atoms with Gasteiger partial charge in [0.1, 0.15) is 0 Å². The Morgan fingerprint density at radius 1 is 1.11 bits per heavy atom. The van der Waals surface area contributed by atoms with E-state index in [9.17, 15) is 0 Å². The van der Waals surface area contributed by atoms with Crippen molar-refractivity contribution in [3.63, 3.8) is 0 Å². The summed E-state index contributed by atoms with van der Waals surface area (Å²) in [5, 5.41) is 3.48. The van der Waals surface area contributed by atoms with E-state index in [1.54, 1.807) is 0 Å². The maximum atomic E-state index is 3.59. The van der Waals surface area contributed by atoms with Gasteiger partial charge in [-0.3, -0.25) is 4.90 Å². The maximum Gasteiger partial charge on any atom is 0.0320 e. The quantitative estimate of drug-likeness (QED) is 0.830. The topological polar surface area (TPSA) is 15.3 Å². The molecule has 1 spiro atoms. The molecule has 2 heterocycles. The van der Waals surface area contributed by atoms with Crippen LogP contribution in [0.3, 0.4) is 0 Å². The minimum Gasteiger partial charge on any atom is -0.317 e. The molecular weight excluding hydrogens is 368 g/mol. The van der Waals surface area contributed by atoms with Crippen LogP contribution < -0.4 is 5.32 Å². The summed E-state index contributed by atoms with van der Waals surface area (Å²) in [6.07, 6.45) is 4.09. The van der Waals surface area contributed by atoms with E-state index in [1.807, 2.05) is 0 Å². The number of likely N-dealkylation sites (tertiary alicyclic amines) is 1. The largest absolute Gasteiger partial charge is 0.317 e. The van der Waals surface area contributed by atoms with Gasteiger partial charge in [-0.05, 0) is 93.9 Å². The minimum absolute atomic E-state index is 0.609. The van der Waals surface area contributed by atoms with Crippen molar-refractivity contribution in [2.45, 2.75) is 25.8 Å². The lowest BCUT2D eigenvalue weighted by Gasteiger charge is -2.34. The van der Waals surface area contributed by atoms with Crippen molar-refractivity contribution in [1.29, 1.82) is 0 Å². The van der Waals surface area contributed by atoms with Crippen molar-refractivity contribution in [2.24, 2.45) is 5.41 Å². The summed E-state index contributed by atoms with van der Waals surface area (Å²) in [4.78, 5) is 2.63. The lowest BCUT2D eigenvalue weighted by atomic mass is 9.78. The summed E-state index contributed by atoms with van der Waals surface area (Å²) in [6, 6.07) is 6.59. The molecule has 2 aliphatic rings. The van der Waals surface area contributed by atoms with E-state index in [-0.39, 0.29) is 0 Å². The molecule has 104 valence electrons. The number of nitrogens with zero attached hydrogens (tertiary/aromatic N) is 1. The van der Waals surface area contributed by atoms with E-state index in [2.05, 4.69) is 60.3 Å². The van der Waals surface area contributed by atoms with Crippen molar-refractivity contribution in [2.75, 3.05) is 26.2 Å². The third-order valence-corrected chi connectivity index (χ3v) is 6.45. The van der Waals surface area contributed by atoms with Gasteiger partial charge in [0.2, 0.25) is 0 Å². The number of halogens is 2. The van der Waals surface area contributed by atoms with Gasteiger partial charge >= 0.3 is 0 Å². The number of hydrogen-bond acceptors (Lipinski definition) is 2. The van der Waals surface area contributed by atoms with Crippen LogP contribution in [0.1, 0.15) is 24.8 Å². The van der Waals surface area contributed by atoms with E-state index in [4.69, 9.17) is 0 Å². The van der Waals surface area contributed by atoms with Crippen LogP contribution in [0.5, 0.6) is 0 Å². The van der Waals surface area contributed by atoms with Crippen LogP contribution >= 0.6 is 31.9 Å². The van der Waals surface area contributed by atoms with Crippen molar-refractivity contribution in [3.8, 4) is 0 Å². The number of benzene rings is 1. The molecule has 19 heavy (non-hydrogen) atoms. The molecule has 0 aromatic heterocycles. The lowest BCUT2D eigenvalue weighted by molar-refractivity contribution is 0.194. The molecule has 2 aliphatic heterocycles. The Morgan fingerprint density at radius 3 is 2.63 bits per heavy atom. The fourth-order valence-corrected chi connectivity index (χ4v) is 4.10. The molecule has 1 aromatic carbocycles. The van der Waals surface area contributed by atoms with E-state index in [0.29, 0.717) is 5.41 Å². The summed E-state index contributed by atoms with van der Waals surface area (Å²) >= 11 is 7.12. The zero-order valence-corrected chi connectivity index (χ0v) is 14.3. The molecule has 0 atom stereocenters. The Balaban J connectivity index is 1.63. The molecule has 4 heteroatoms. The summed E-state index contributed by atoms with van der Waals surface area (Å²) in [5.74, 6) is 0. The number of nitrogens with one attached hydrogen (secondary N) is 1. The zero-order chi connectivity index (χ0) is 13.3. The molecule has 2 saturated heterocycles. The Kier molecular flexibility index (Phi) is 4.32. The van der Waals surface area contributed by atoms with Crippen molar-refractivity contribution < 1.29 is 0 Å². The van der Waals surface area contributed by atoms with Crippen LogP contribution in [0.2, 0.25) is 0 Å².